The number of hydrogen-bond acceptors (Lipinski definition) is 2. The molecule has 0 fully saturated rings. The predicted octanol–water partition coefficient (Wildman–Crippen LogP) is 1.69. The molecule has 0 radical (unpaired) electrons. The van der Waals surface area contributed by atoms with E-state index >= 15 is 0 Å². The van der Waals surface area contributed by atoms with Gasteiger partial charge in [0.25, 0.3) is 0 Å². The summed E-state index contributed by atoms with van der Waals surface area (Å²) in [5.74, 6) is 0. The lowest BCUT2D eigenvalue weighted by Crippen LogP contribution is -2.27. The first-order chi connectivity index (χ1) is 8.34. The minimum atomic E-state index is -0.778. The maximum absolute atomic E-state index is 9.81. The van der Waals surface area contributed by atoms with E-state index in [2.05, 4.69) is 12.1 Å². The molecule has 1 N–H and O–H groups in total. The van der Waals surface area contributed by atoms with Crippen molar-refractivity contribution in [3.8, 4) is 0 Å². The van der Waals surface area contributed by atoms with E-state index in [9.17, 15) is 5.02 Å². The van der Waals surface area contributed by atoms with Crippen LogP contribution in [0.1, 0.15) is 17.2 Å². The third kappa shape index (κ3) is 1.99. The van der Waals surface area contributed by atoms with Gasteiger partial charge >= 0.3 is 7.12 Å². The molecule has 17 heavy (non-hydrogen) atoms. The van der Waals surface area contributed by atoms with Gasteiger partial charge in [-0.1, -0.05) is 54.6 Å². The van der Waals surface area contributed by atoms with Crippen LogP contribution < -0.4 is 5.46 Å². The van der Waals surface area contributed by atoms with Gasteiger partial charge in [-0.25, -0.2) is 0 Å². The fourth-order valence-corrected chi connectivity index (χ4v) is 2.32. The lowest BCUT2D eigenvalue weighted by atomic mass is 9.79. The molecule has 0 aromatic heterocycles. The maximum Gasteiger partial charge on any atom is 0.491 e. The van der Waals surface area contributed by atoms with Crippen LogP contribution >= 0.6 is 0 Å². The van der Waals surface area contributed by atoms with Gasteiger partial charge in [0.05, 0.1) is 6.10 Å². The van der Waals surface area contributed by atoms with E-state index in [-0.39, 0.29) is 6.10 Å². The van der Waals surface area contributed by atoms with Crippen molar-refractivity contribution < 1.29 is 9.68 Å². The molecule has 1 heterocycles. The van der Waals surface area contributed by atoms with Crippen molar-refractivity contribution in [3.05, 3.63) is 65.7 Å². The van der Waals surface area contributed by atoms with Crippen LogP contribution in [0.2, 0.25) is 0 Å². The molecule has 0 saturated heterocycles. The van der Waals surface area contributed by atoms with Gasteiger partial charge < -0.3 is 9.68 Å². The van der Waals surface area contributed by atoms with E-state index in [1.807, 2.05) is 42.5 Å². The standard InChI is InChI=1S/C14H13BO2/c16-15-13-9-5-4-8-12(13)14(17-15)10-11-6-2-1-3-7-11/h1-9,14,16H,10H2. The number of benzene rings is 2. The summed E-state index contributed by atoms with van der Waals surface area (Å²) in [5, 5.41) is 9.81. The summed E-state index contributed by atoms with van der Waals surface area (Å²) >= 11 is 0. The van der Waals surface area contributed by atoms with Crippen molar-refractivity contribution in [3.63, 3.8) is 0 Å². The molecule has 2 aromatic carbocycles. The van der Waals surface area contributed by atoms with E-state index < -0.39 is 7.12 Å². The molecule has 0 amide bonds. The van der Waals surface area contributed by atoms with Crippen LogP contribution in [0, 0.1) is 0 Å². The lowest BCUT2D eigenvalue weighted by Gasteiger charge is -2.12. The first-order valence-corrected chi connectivity index (χ1v) is 5.81. The predicted molar refractivity (Wildman–Crippen MR) is 68.0 cm³/mol. The van der Waals surface area contributed by atoms with Gasteiger partial charge in [-0.3, -0.25) is 0 Å². The second-order valence-corrected chi connectivity index (χ2v) is 4.30. The summed E-state index contributed by atoms with van der Waals surface area (Å²) < 4.78 is 5.59. The molecular weight excluding hydrogens is 211 g/mol. The monoisotopic (exact) mass is 224 g/mol. The zero-order valence-corrected chi connectivity index (χ0v) is 9.41. The average molecular weight is 224 g/mol. The molecule has 1 atom stereocenters. The van der Waals surface area contributed by atoms with Crippen molar-refractivity contribution >= 4 is 12.6 Å². The Morgan fingerprint density at radius 3 is 2.53 bits per heavy atom. The Morgan fingerprint density at radius 1 is 1.00 bits per heavy atom. The van der Waals surface area contributed by atoms with Gasteiger partial charge in [-0.2, -0.15) is 0 Å². The maximum atomic E-state index is 9.81. The average Bonchev–Trinajstić information content (AvgIpc) is 2.69. The zero-order chi connectivity index (χ0) is 11.7. The molecule has 2 nitrogen and oxygen atoms in total. The summed E-state index contributed by atoms with van der Waals surface area (Å²) in [7, 11) is -0.778. The van der Waals surface area contributed by atoms with Crippen LogP contribution in [-0.2, 0) is 11.1 Å². The SMILES string of the molecule is OB1OC(Cc2ccccc2)c2ccccc21. The molecular formula is C14H13BO2. The van der Waals surface area contributed by atoms with Crippen LogP contribution in [0.15, 0.2) is 54.6 Å². The Morgan fingerprint density at radius 2 is 1.71 bits per heavy atom. The highest BCUT2D eigenvalue weighted by Gasteiger charge is 2.34. The number of rotatable bonds is 2. The first-order valence-electron chi connectivity index (χ1n) is 5.81. The molecule has 1 unspecified atom stereocenters. The van der Waals surface area contributed by atoms with Crippen LogP contribution in [0.5, 0.6) is 0 Å². The minimum absolute atomic E-state index is 0.0383. The van der Waals surface area contributed by atoms with Gasteiger partial charge in [-0.05, 0) is 16.6 Å². The highest BCUT2D eigenvalue weighted by atomic mass is 16.5. The normalized spacial score (nSPS) is 18.2. The Bertz CT molecular complexity index is 513. The highest BCUT2D eigenvalue weighted by Crippen LogP contribution is 2.26. The van der Waals surface area contributed by atoms with Crippen molar-refractivity contribution in [2.24, 2.45) is 0 Å². The zero-order valence-electron chi connectivity index (χ0n) is 9.41. The summed E-state index contributed by atoms with van der Waals surface area (Å²) in [5.41, 5.74) is 3.22. The van der Waals surface area contributed by atoms with Crippen molar-refractivity contribution in [1.29, 1.82) is 0 Å². The molecule has 3 rings (SSSR count). The van der Waals surface area contributed by atoms with Crippen LogP contribution in [0.3, 0.4) is 0 Å². The van der Waals surface area contributed by atoms with Gasteiger partial charge in [0.2, 0.25) is 0 Å². The Labute approximate surface area is 101 Å². The second kappa shape index (κ2) is 4.36. The quantitative estimate of drug-likeness (QED) is 0.786. The Kier molecular flexibility index (Phi) is 2.71. The van der Waals surface area contributed by atoms with E-state index in [0.717, 1.165) is 17.4 Å². The van der Waals surface area contributed by atoms with E-state index in [0.29, 0.717) is 0 Å². The van der Waals surface area contributed by atoms with Crippen LogP contribution in [0.25, 0.3) is 0 Å². The Balaban J connectivity index is 1.87. The first kappa shape index (κ1) is 10.6. The van der Waals surface area contributed by atoms with Crippen LogP contribution in [0.4, 0.5) is 0 Å². The summed E-state index contributed by atoms with van der Waals surface area (Å²) in [4.78, 5) is 0. The second-order valence-electron chi connectivity index (χ2n) is 4.30. The van der Waals surface area contributed by atoms with Gasteiger partial charge in [0, 0.05) is 6.42 Å². The highest BCUT2D eigenvalue weighted by molar-refractivity contribution is 6.61. The van der Waals surface area contributed by atoms with Crippen molar-refractivity contribution in [1.82, 2.24) is 0 Å². The molecule has 0 saturated carbocycles. The van der Waals surface area contributed by atoms with E-state index in [1.165, 1.54) is 5.56 Å². The molecule has 1 aliphatic heterocycles. The topological polar surface area (TPSA) is 29.5 Å². The van der Waals surface area contributed by atoms with Gasteiger partial charge in [0.1, 0.15) is 0 Å². The number of hydrogen-bond donors (Lipinski definition) is 1. The molecule has 0 bridgehead atoms. The molecule has 84 valence electrons. The molecule has 1 aliphatic rings. The van der Waals surface area contributed by atoms with Crippen molar-refractivity contribution in [2.45, 2.75) is 12.5 Å². The van der Waals surface area contributed by atoms with Gasteiger partial charge in [0.15, 0.2) is 0 Å². The smallest absolute Gasteiger partial charge is 0.423 e. The fourth-order valence-electron chi connectivity index (χ4n) is 2.32. The Hall–Kier alpha value is -1.58. The molecule has 0 spiro atoms. The molecule has 3 heteroatoms. The van der Waals surface area contributed by atoms with Gasteiger partial charge in [-0.15, -0.1) is 0 Å². The summed E-state index contributed by atoms with van der Waals surface area (Å²) in [6, 6.07) is 18.1. The van der Waals surface area contributed by atoms with Crippen molar-refractivity contribution in [2.75, 3.05) is 0 Å². The third-order valence-corrected chi connectivity index (χ3v) is 3.17. The minimum Gasteiger partial charge on any atom is -0.423 e. The summed E-state index contributed by atoms with van der Waals surface area (Å²) in [6.07, 6.45) is 0.762. The fraction of sp³-hybridized carbons (Fsp3) is 0.143. The molecule has 2 aromatic rings. The number of fused-ring (bicyclic) bond motifs is 1. The van der Waals surface area contributed by atoms with E-state index in [1.54, 1.807) is 0 Å². The van der Waals surface area contributed by atoms with Crippen LogP contribution in [-0.4, -0.2) is 12.1 Å². The lowest BCUT2D eigenvalue weighted by molar-refractivity contribution is 0.191. The third-order valence-electron chi connectivity index (χ3n) is 3.17. The van der Waals surface area contributed by atoms with E-state index in [4.69, 9.17) is 4.65 Å². The summed E-state index contributed by atoms with van der Waals surface area (Å²) in [6.45, 7) is 0. The largest absolute Gasteiger partial charge is 0.491 e. The molecule has 0 aliphatic carbocycles.